The standard InChI is InChI=1S/C19H17BrN6O/c1-13-2-3-15(11-18(13)26-12-22-23-24-26)19(27)21-7-9-25-8-6-14-10-16(20)4-5-17(14)25/h2-6,8,10-12H,7,9H2,1H3,(H,21,27). The van der Waals surface area contributed by atoms with E-state index in [1.165, 1.54) is 11.7 Å². The van der Waals surface area contributed by atoms with Crippen LogP contribution in [0.4, 0.5) is 0 Å². The molecule has 0 bridgehead atoms. The van der Waals surface area contributed by atoms with Crippen LogP contribution in [0, 0.1) is 6.92 Å². The minimum absolute atomic E-state index is 0.122. The van der Waals surface area contributed by atoms with Gasteiger partial charge in [0.15, 0.2) is 0 Å². The summed E-state index contributed by atoms with van der Waals surface area (Å²) in [4.78, 5) is 12.5. The molecule has 136 valence electrons. The molecule has 1 amide bonds. The van der Waals surface area contributed by atoms with Crippen LogP contribution in [0.2, 0.25) is 0 Å². The van der Waals surface area contributed by atoms with Crippen molar-refractivity contribution >= 4 is 32.7 Å². The molecule has 0 fully saturated rings. The number of carbonyl (C=O) groups is 1. The topological polar surface area (TPSA) is 77.6 Å². The van der Waals surface area contributed by atoms with Crippen molar-refractivity contribution in [3.05, 3.63) is 70.6 Å². The third-order valence-corrected chi connectivity index (χ3v) is 4.93. The number of halogens is 1. The van der Waals surface area contributed by atoms with Crippen molar-refractivity contribution in [2.75, 3.05) is 6.54 Å². The molecule has 7 nitrogen and oxygen atoms in total. The second-order valence-corrected chi connectivity index (χ2v) is 7.14. The molecule has 0 spiro atoms. The molecule has 0 saturated heterocycles. The first kappa shape index (κ1) is 17.4. The quantitative estimate of drug-likeness (QED) is 0.533. The lowest BCUT2D eigenvalue weighted by Crippen LogP contribution is -2.27. The van der Waals surface area contributed by atoms with Gasteiger partial charge in [0, 0.05) is 40.2 Å². The number of nitrogens with one attached hydrogen (secondary N) is 1. The molecule has 27 heavy (non-hydrogen) atoms. The summed E-state index contributed by atoms with van der Waals surface area (Å²) in [5.41, 5.74) is 3.50. The molecule has 0 atom stereocenters. The fourth-order valence-electron chi connectivity index (χ4n) is 3.03. The Hall–Kier alpha value is -3.00. The molecule has 0 unspecified atom stereocenters. The normalized spacial score (nSPS) is 11.0. The molecule has 2 aromatic heterocycles. The lowest BCUT2D eigenvalue weighted by Gasteiger charge is -2.10. The van der Waals surface area contributed by atoms with Gasteiger partial charge in [-0.2, -0.15) is 0 Å². The third-order valence-electron chi connectivity index (χ3n) is 4.44. The summed E-state index contributed by atoms with van der Waals surface area (Å²) in [6.45, 7) is 3.18. The highest BCUT2D eigenvalue weighted by atomic mass is 79.9. The molecule has 4 aromatic rings. The average Bonchev–Trinajstić information content (AvgIpc) is 3.32. The number of fused-ring (bicyclic) bond motifs is 1. The summed E-state index contributed by atoms with van der Waals surface area (Å²) in [6.07, 6.45) is 3.55. The van der Waals surface area contributed by atoms with Gasteiger partial charge >= 0.3 is 0 Å². The van der Waals surface area contributed by atoms with E-state index < -0.39 is 0 Å². The molecular weight excluding hydrogens is 408 g/mol. The number of hydrogen-bond donors (Lipinski definition) is 1. The third kappa shape index (κ3) is 3.61. The Labute approximate surface area is 164 Å². The van der Waals surface area contributed by atoms with Gasteiger partial charge in [0.2, 0.25) is 0 Å². The van der Waals surface area contributed by atoms with Crippen LogP contribution in [0.25, 0.3) is 16.6 Å². The number of nitrogens with zero attached hydrogens (tertiary/aromatic N) is 5. The number of benzene rings is 2. The Kier molecular flexibility index (Phi) is 4.72. The van der Waals surface area contributed by atoms with Crippen LogP contribution in [0.1, 0.15) is 15.9 Å². The van der Waals surface area contributed by atoms with Crippen molar-refractivity contribution in [3.8, 4) is 5.69 Å². The van der Waals surface area contributed by atoms with Crippen LogP contribution >= 0.6 is 15.9 Å². The minimum Gasteiger partial charge on any atom is -0.350 e. The van der Waals surface area contributed by atoms with E-state index in [0.717, 1.165) is 21.2 Å². The monoisotopic (exact) mass is 424 g/mol. The van der Waals surface area contributed by atoms with Crippen molar-refractivity contribution < 1.29 is 4.79 Å². The van der Waals surface area contributed by atoms with Crippen molar-refractivity contribution in [1.29, 1.82) is 0 Å². The number of carbonyl (C=O) groups excluding carboxylic acids is 1. The molecule has 4 rings (SSSR count). The lowest BCUT2D eigenvalue weighted by molar-refractivity contribution is 0.0952. The van der Waals surface area contributed by atoms with Gasteiger partial charge in [0.05, 0.1) is 5.69 Å². The molecule has 0 aliphatic heterocycles. The van der Waals surface area contributed by atoms with Crippen LogP contribution in [-0.2, 0) is 6.54 Å². The van der Waals surface area contributed by atoms with E-state index in [1.54, 1.807) is 16.8 Å². The average molecular weight is 425 g/mol. The molecule has 0 radical (unpaired) electrons. The maximum Gasteiger partial charge on any atom is 0.251 e. The number of aryl methyl sites for hydroxylation is 1. The zero-order chi connectivity index (χ0) is 18.8. The number of amides is 1. The Morgan fingerprint density at radius 3 is 2.89 bits per heavy atom. The fourth-order valence-corrected chi connectivity index (χ4v) is 3.41. The summed E-state index contributed by atoms with van der Waals surface area (Å²) in [5.74, 6) is -0.122. The second kappa shape index (κ2) is 7.32. The lowest BCUT2D eigenvalue weighted by atomic mass is 10.1. The Bertz CT molecular complexity index is 1100. The SMILES string of the molecule is Cc1ccc(C(=O)NCCn2ccc3cc(Br)ccc32)cc1-n1cnnn1. The van der Waals surface area contributed by atoms with Crippen LogP contribution in [0.15, 0.2) is 59.5 Å². The predicted octanol–water partition coefficient (Wildman–Crippen LogP) is 3.12. The molecule has 0 saturated carbocycles. The number of aromatic nitrogens is 5. The first-order valence-electron chi connectivity index (χ1n) is 8.48. The first-order valence-corrected chi connectivity index (χ1v) is 9.28. The summed E-state index contributed by atoms with van der Waals surface area (Å²) in [6, 6.07) is 13.7. The fraction of sp³-hybridized carbons (Fsp3) is 0.158. The van der Waals surface area contributed by atoms with E-state index in [1.807, 2.05) is 25.3 Å². The highest BCUT2D eigenvalue weighted by Gasteiger charge is 2.10. The largest absolute Gasteiger partial charge is 0.350 e. The van der Waals surface area contributed by atoms with Crippen LogP contribution < -0.4 is 5.32 Å². The molecule has 0 aliphatic rings. The van der Waals surface area contributed by atoms with E-state index >= 15 is 0 Å². The van der Waals surface area contributed by atoms with Gasteiger partial charge in [0.25, 0.3) is 5.91 Å². The Morgan fingerprint density at radius 1 is 1.19 bits per heavy atom. The van der Waals surface area contributed by atoms with Gasteiger partial charge in [0.1, 0.15) is 6.33 Å². The highest BCUT2D eigenvalue weighted by Crippen LogP contribution is 2.20. The van der Waals surface area contributed by atoms with Gasteiger partial charge in [-0.25, -0.2) is 4.68 Å². The highest BCUT2D eigenvalue weighted by molar-refractivity contribution is 9.10. The van der Waals surface area contributed by atoms with Gasteiger partial charge in [-0.05, 0) is 59.3 Å². The van der Waals surface area contributed by atoms with E-state index in [9.17, 15) is 4.79 Å². The number of hydrogen-bond acceptors (Lipinski definition) is 4. The van der Waals surface area contributed by atoms with Crippen molar-refractivity contribution in [3.63, 3.8) is 0 Å². The summed E-state index contributed by atoms with van der Waals surface area (Å²) in [5, 5.41) is 15.3. The van der Waals surface area contributed by atoms with Gasteiger partial charge in [-0.1, -0.05) is 22.0 Å². The van der Waals surface area contributed by atoms with Crippen molar-refractivity contribution in [1.82, 2.24) is 30.1 Å². The Morgan fingerprint density at radius 2 is 2.07 bits per heavy atom. The maximum absolute atomic E-state index is 12.5. The molecule has 8 heteroatoms. The summed E-state index contributed by atoms with van der Waals surface area (Å²) < 4.78 is 4.73. The molecule has 1 N–H and O–H groups in total. The van der Waals surface area contributed by atoms with Crippen LogP contribution in [-0.4, -0.2) is 37.2 Å². The second-order valence-electron chi connectivity index (χ2n) is 6.22. The zero-order valence-electron chi connectivity index (χ0n) is 14.6. The van der Waals surface area contributed by atoms with E-state index in [4.69, 9.17) is 0 Å². The molecular formula is C19H17BrN6O. The van der Waals surface area contributed by atoms with Gasteiger partial charge in [-0.3, -0.25) is 4.79 Å². The maximum atomic E-state index is 12.5. The van der Waals surface area contributed by atoms with Crippen LogP contribution in [0.5, 0.6) is 0 Å². The predicted molar refractivity (Wildman–Crippen MR) is 106 cm³/mol. The van der Waals surface area contributed by atoms with Crippen molar-refractivity contribution in [2.24, 2.45) is 0 Å². The van der Waals surface area contributed by atoms with E-state index in [-0.39, 0.29) is 5.91 Å². The van der Waals surface area contributed by atoms with Crippen molar-refractivity contribution in [2.45, 2.75) is 13.5 Å². The molecule has 2 aromatic carbocycles. The number of tetrazole rings is 1. The minimum atomic E-state index is -0.122. The zero-order valence-corrected chi connectivity index (χ0v) is 16.2. The van der Waals surface area contributed by atoms with Gasteiger partial charge < -0.3 is 9.88 Å². The smallest absolute Gasteiger partial charge is 0.251 e. The van der Waals surface area contributed by atoms with E-state index in [0.29, 0.717) is 18.7 Å². The summed E-state index contributed by atoms with van der Waals surface area (Å²) in [7, 11) is 0. The summed E-state index contributed by atoms with van der Waals surface area (Å²) >= 11 is 3.48. The first-order chi connectivity index (χ1) is 13.1. The molecule has 0 aliphatic carbocycles. The number of rotatable bonds is 5. The van der Waals surface area contributed by atoms with Gasteiger partial charge in [-0.15, -0.1) is 5.10 Å². The van der Waals surface area contributed by atoms with Crippen LogP contribution in [0.3, 0.4) is 0 Å². The van der Waals surface area contributed by atoms with E-state index in [2.05, 4.69) is 59.5 Å². The molecule has 2 heterocycles. The Balaban J connectivity index is 1.44.